The first kappa shape index (κ1) is 49.2. The van der Waals surface area contributed by atoms with Gasteiger partial charge in [0.25, 0.3) is 0 Å². The van der Waals surface area contributed by atoms with E-state index in [9.17, 15) is 0 Å². The Hall–Kier alpha value is 2.22. The second kappa shape index (κ2) is 18.0. The van der Waals surface area contributed by atoms with Crippen LogP contribution in [0.3, 0.4) is 0 Å². The molecule has 6 nitrogen and oxygen atoms in total. The molecule has 0 N–H and O–H groups in total. The van der Waals surface area contributed by atoms with Gasteiger partial charge in [-0.15, -0.1) is 11.6 Å². The molecule has 0 aliphatic heterocycles. The molecule has 0 radical (unpaired) electrons. The fourth-order valence-electron chi connectivity index (χ4n) is 5.86. The van der Waals surface area contributed by atoms with E-state index in [-0.39, 0.29) is 0 Å². The van der Waals surface area contributed by atoms with Crippen LogP contribution in [0.25, 0.3) is 0 Å². The third-order valence-electron chi connectivity index (χ3n) is 7.82. The zero-order valence-electron chi connectivity index (χ0n) is 35.2. The smallest absolute Gasteiger partial charge is 0.436 e. The van der Waals surface area contributed by atoms with Crippen LogP contribution in [0.5, 0.6) is 0 Å². The lowest BCUT2D eigenvalue weighted by atomic mass is 10.6. The molecule has 17 heteroatoms. The molecule has 0 unspecified atom stereocenters. The van der Waals surface area contributed by atoms with Gasteiger partial charge in [0.1, 0.15) is 0 Å². The highest BCUT2D eigenvalue weighted by molar-refractivity contribution is 6.94. The van der Waals surface area contributed by atoms with Crippen molar-refractivity contribution in [3.63, 3.8) is 0 Å². The normalized spacial score (nSPS) is 15.4. The summed E-state index contributed by atoms with van der Waals surface area (Å²) >= 11 is 6.42. The van der Waals surface area contributed by atoms with Crippen molar-refractivity contribution >= 4 is 95.3 Å². The van der Waals surface area contributed by atoms with Crippen molar-refractivity contribution in [2.45, 2.75) is 186 Å². The van der Waals surface area contributed by atoms with Gasteiger partial charge in [0.05, 0.1) is 0 Å². The molecule has 0 fully saturated rings. The third kappa shape index (κ3) is 25.0. The molecule has 0 bridgehead atoms. The number of halogens is 1. The number of hydrogen-bond donors (Lipinski definition) is 0. The minimum atomic E-state index is -3.38. The second-order valence-electron chi connectivity index (χ2n) is 20.7. The maximum Gasteiger partial charge on any atom is 0.474 e. The van der Waals surface area contributed by atoms with E-state index < -0.39 is 83.7 Å². The first-order valence-corrected chi connectivity index (χ1v) is 49.6. The average molecular weight is 854 g/mol. The summed E-state index contributed by atoms with van der Waals surface area (Å²) < 4.78 is 43.5. The van der Waals surface area contributed by atoms with Crippen LogP contribution in [0.2, 0.25) is 180 Å². The summed E-state index contributed by atoms with van der Waals surface area (Å²) in [7, 11) is -21.0. The Bertz CT molecular complexity index is 833. The monoisotopic (exact) mass is 852 g/mol. The zero-order chi connectivity index (χ0) is 37.6. The summed E-state index contributed by atoms with van der Waals surface area (Å²) in [5.74, 6) is 0.530. The molecule has 0 saturated heterocycles. The molecule has 0 aromatic heterocycles. The van der Waals surface area contributed by atoms with Crippen LogP contribution >= 0.6 is 11.6 Å². The first-order chi connectivity index (χ1) is 20.4. The molecular formula is C30H81ClO6Si10. The Morgan fingerprint density at radius 3 is 0.745 bits per heavy atom. The van der Waals surface area contributed by atoms with Crippen molar-refractivity contribution in [3.05, 3.63) is 0 Å². The van der Waals surface area contributed by atoms with Crippen LogP contribution in [-0.4, -0.2) is 89.5 Å². The van der Waals surface area contributed by atoms with E-state index in [4.69, 9.17) is 36.3 Å². The van der Waals surface area contributed by atoms with E-state index in [1.54, 1.807) is 0 Å². The van der Waals surface area contributed by atoms with Crippen LogP contribution in [0.1, 0.15) is 6.42 Å². The Labute approximate surface area is 310 Å². The highest BCUT2D eigenvalue weighted by atomic mass is 35.5. The van der Waals surface area contributed by atoms with Crippen LogP contribution in [0, 0.1) is 0 Å². The fraction of sp³-hybridized carbons (Fsp3) is 1.00. The maximum atomic E-state index is 7.38. The average Bonchev–Trinajstić information content (AvgIpc) is 2.74. The number of alkyl halides is 1. The van der Waals surface area contributed by atoms with Crippen molar-refractivity contribution in [2.24, 2.45) is 0 Å². The van der Waals surface area contributed by atoms with Gasteiger partial charge in [-0.25, -0.2) is 0 Å². The Balaban J connectivity index is 6.72. The van der Waals surface area contributed by atoms with Crippen molar-refractivity contribution in [3.8, 4) is 0 Å². The fourth-order valence-corrected chi connectivity index (χ4v) is 53.7. The van der Waals surface area contributed by atoms with Gasteiger partial charge in [0.15, 0.2) is 25.0 Å². The molecule has 284 valence electrons. The van der Waals surface area contributed by atoms with E-state index >= 15 is 0 Å². The molecule has 0 aromatic carbocycles. The summed E-state index contributed by atoms with van der Waals surface area (Å²) in [6.45, 7) is 49.4. The highest BCUT2D eigenvalue weighted by Crippen LogP contribution is 2.36. The van der Waals surface area contributed by atoms with Gasteiger partial charge >= 0.3 is 34.5 Å². The largest absolute Gasteiger partial charge is 0.474 e. The summed E-state index contributed by atoms with van der Waals surface area (Å²) in [6, 6.07) is 7.93. The van der Waals surface area contributed by atoms with Crippen LogP contribution in [0.4, 0.5) is 0 Å². The molecule has 0 heterocycles. The predicted molar refractivity (Wildman–Crippen MR) is 236 cm³/mol. The molecule has 0 rings (SSSR count). The van der Waals surface area contributed by atoms with E-state index in [1.165, 1.54) is 18.1 Å². The minimum absolute atomic E-state index is 0.530. The zero-order valence-corrected chi connectivity index (χ0v) is 45.9. The lowest BCUT2D eigenvalue weighted by Gasteiger charge is -2.47. The molecule has 0 aliphatic carbocycles. The van der Waals surface area contributed by atoms with E-state index in [2.05, 4.69) is 137 Å². The van der Waals surface area contributed by atoms with Crippen molar-refractivity contribution in [2.75, 3.05) is 5.88 Å². The van der Waals surface area contributed by atoms with Crippen LogP contribution < -0.4 is 0 Å². The standard InChI is InChI=1S/C30H81ClO6Si10/c1-38(2,3)25-28-41(10,11)32-44(16,17)35-47(24-22-23-31,36-45(18,19)33-42(12,13)29-26-39(4,5)6)37-46(20,21)34-43(14,15)30-27-40(7,8)9/h22-30H2,1-21H3. The van der Waals surface area contributed by atoms with Gasteiger partial charge < -0.3 is 24.7 Å². The van der Waals surface area contributed by atoms with Crippen LogP contribution in [0.15, 0.2) is 0 Å². The SMILES string of the molecule is C[Si](C)(C)CC[Si](C)(C)O[Si](C)(C)O[Si](CCCCl)(O[Si](C)(C)O[Si](C)(C)CC[Si](C)(C)C)O[Si](C)(C)O[Si](C)(C)CC[Si](C)(C)C. The molecule has 0 amide bonds. The van der Waals surface area contributed by atoms with Crippen molar-refractivity contribution in [1.82, 2.24) is 0 Å². The topological polar surface area (TPSA) is 55.4 Å². The van der Waals surface area contributed by atoms with Gasteiger partial charge in [-0.1, -0.05) is 77.1 Å². The van der Waals surface area contributed by atoms with Gasteiger partial charge in [0, 0.05) is 36.1 Å². The Morgan fingerprint density at radius 2 is 0.553 bits per heavy atom. The molecule has 0 aliphatic rings. The molecular weight excluding hydrogens is 773 g/mol. The van der Waals surface area contributed by atoms with Crippen molar-refractivity contribution in [1.29, 1.82) is 0 Å². The molecule has 0 aromatic rings. The minimum Gasteiger partial charge on any atom is -0.436 e. The summed E-state index contributed by atoms with van der Waals surface area (Å²) in [5.41, 5.74) is 0. The number of hydrogen-bond acceptors (Lipinski definition) is 6. The maximum absolute atomic E-state index is 7.38. The third-order valence-corrected chi connectivity index (χ3v) is 42.3. The van der Waals surface area contributed by atoms with Gasteiger partial charge in [-0.05, 0) is 103 Å². The van der Waals surface area contributed by atoms with Gasteiger partial charge in [0.2, 0.25) is 0 Å². The predicted octanol–water partition coefficient (Wildman–Crippen LogP) is 12.4. The Morgan fingerprint density at radius 1 is 0.319 bits per heavy atom. The second-order valence-corrected chi connectivity index (χ2v) is 65.2. The first-order valence-electron chi connectivity index (χ1n) is 18.2. The highest BCUT2D eigenvalue weighted by Gasteiger charge is 2.56. The summed E-state index contributed by atoms with van der Waals surface area (Å²) in [5, 5.41) is 0. The van der Waals surface area contributed by atoms with Gasteiger partial charge in [-0.2, -0.15) is 0 Å². The van der Waals surface area contributed by atoms with Gasteiger partial charge in [-0.3, -0.25) is 0 Å². The lowest BCUT2D eigenvalue weighted by Crippen LogP contribution is -2.66. The van der Waals surface area contributed by atoms with E-state index in [0.29, 0.717) is 11.9 Å². The summed E-state index contributed by atoms with van der Waals surface area (Å²) in [6.07, 6.45) is 0.760. The van der Waals surface area contributed by atoms with Crippen molar-refractivity contribution < 1.29 is 24.7 Å². The lowest BCUT2D eigenvalue weighted by molar-refractivity contribution is 0.190. The van der Waals surface area contributed by atoms with Crippen LogP contribution in [-0.2, 0) is 24.7 Å². The van der Waals surface area contributed by atoms with E-state index in [0.717, 1.165) is 24.6 Å². The number of rotatable bonds is 24. The quantitative estimate of drug-likeness (QED) is 0.0712. The molecule has 0 atom stereocenters. The molecule has 0 spiro atoms. The Kier molecular flexibility index (Phi) is 18.9. The van der Waals surface area contributed by atoms with E-state index in [1.807, 2.05) is 0 Å². The molecule has 47 heavy (non-hydrogen) atoms. The summed E-state index contributed by atoms with van der Waals surface area (Å²) in [4.78, 5) is 0. The molecule has 0 saturated carbocycles.